The van der Waals surface area contributed by atoms with Gasteiger partial charge in [0.25, 0.3) is 0 Å². The number of hydrogen-bond acceptors (Lipinski definition) is 5. The van der Waals surface area contributed by atoms with Crippen LogP contribution < -0.4 is 20.1 Å². The number of ether oxygens (including phenoxy) is 3. The minimum absolute atomic E-state index is 0.681. The van der Waals surface area contributed by atoms with Gasteiger partial charge in [0, 0.05) is 45.4 Å². The number of likely N-dealkylation sites (N-methyl/N-ethyl adjacent to an activating group) is 1. The fourth-order valence-electron chi connectivity index (χ4n) is 2.47. The molecule has 0 saturated carbocycles. The normalized spacial score (nSPS) is 14.3. The average Bonchev–Trinajstić information content (AvgIpc) is 2.87. The molecule has 7 nitrogen and oxygen atoms in total. The minimum atomic E-state index is 0.681. The van der Waals surface area contributed by atoms with Crippen molar-refractivity contribution < 1.29 is 14.2 Å². The van der Waals surface area contributed by atoms with Gasteiger partial charge in [0.2, 0.25) is 0 Å². The Hall–Kier alpha value is -1.99. The van der Waals surface area contributed by atoms with E-state index in [1.165, 1.54) is 0 Å². The first-order valence-corrected chi connectivity index (χ1v) is 8.77. The highest BCUT2D eigenvalue weighted by Crippen LogP contribution is 2.32. The second-order valence-corrected chi connectivity index (χ2v) is 5.99. The maximum absolute atomic E-state index is 5.72. The highest BCUT2D eigenvalue weighted by atomic mass is 16.5. The molecule has 140 valence electrons. The number of hydrogen-bond donors (Lipinski definition) is 2. The molecule has 7 heteroatoms. The van der Waals surface area contributed by atoms with Gasteiger partial charge < -0.3 is 29.7 Å². The average molecular weight is 350 g/mol. The number of fused-ring (bicyclic) bond motifs is 1. The van der Waals surface area contributed by atoms with E-state index in [0.717, 1.165) is 62.2 Å². The summed E-state index contributed by atoms with van der Waals surface area (Å²) in [4.78, 5) is 6.52. The summed E-state index contributed by atoms with van der Waals surface area (Å²) in [6.45, 7) is 4.94. The van der Waals surface area contributed by atoms with Crippen LogP contribution in [0.25, 0.3) is 0 Å². The van der Waals surface area contributed by atoms with Crippen LogP contribution >= 0.6 is 0 Å². The molecule has 0 radical (unpaired) electrons. The number of nitrogens with zero attached hydrogens (tertiary/aromatic N) is 2. The molecule has 0 aromatic heterocycles. The van der Waals surface area contributed by atoms with Crippen LogP contribution in [0.2, 0.25) is 0 Å². The van der Waals surface area contributed by atoms with Crippen LogP contribution in [0.15, 0.2) is 23.2 Å². The van der Waals surface area contributed by atoms with Crippen molar-refractivity contribution in [2.75, 3.05) is 66.0 Å². The van der Waals surface area contributed by atoms with Gasteiger partial charge in [-0.3, -0.25) is 4.99 Å². The quantitative estimate of drug-likeness (QED) is 0.423. The molecule has 0 amide bonds. The van der Waals surface area contributed by atoms with E-state index in [4.69, 9.17) is 14.2 Å². The van der Waals surface area contributed by atoms with Crippen molar-refractivity contribution in [2.45, 2.75) is 12.8 Å². The second-order valence-electron chi connectivity index (χ2n) is 5.99. The zero-order valence-electron chi connectivity index (χ0n) is 15.5. The van der Waals surface area contributed by atoms with Crippen molar-refractivity contribution in [3.05, 3.63) is 18.2 Å². The van der Waals surface area contributed by atoms with Crippen LogP contribution in [-0.2, 0) is 4.74 Å². The molecule has 0 unspecified atom stereocenters. The van der Waals surface area contributed by atoms with Crippen LogP contribution in [0.4, 0.5) is 5.69 Å². The van der Waals surface area contributed by atoms with E-state index >= 15 is 0 Å². The van der Waals surface area contributed by atoms with Crippen molar-refractivity contribution >= 4 is 11.6 Å². The summed E-state index contributed by atoms with van der Waals surface area (Å²) >= 11 is 0. The fourth-order valence-corrected chi connectivity index (χ4v) is 2.47. The second kappa shape index (κ2) is 10.8. The molecule has 25 heavy (non-hydrogen) atoms. The fraction of sp³-hybridized carbons (Fsp3) is 0.611. The molecule has 0 spiro atoms. The predicted molar refractivity (Wildman–Crippen MR) is 101 cm³/mol. The van der Waals surface area contributed by atoms with Gasteiger partial charge in [-0.05, 0) is 32.1 Å². The summed E-state index contributed by atoms with van der Waals surface area (Å²) in [6.07, 6.45) is 1.93. The minimum Gasteiger partial charge on any atom is -0.490 e. The van der Waals surface area contributed by atoms with E-state index in [-0.39, 0.29) is 0 Å². The van der Waals surface area contributed by atoms with E-state index in [1.807, 2.05) is 18.2 Å². The third kappa shape index (κ3) is 6.80. The van der Waals surface area contributed by atoms with Gasteiger partial charge in [-0.25, -0.2) is 0 Å². The zero-order valence-corrected chi connectivity index (χ0v) is 15.5. The van der Waals surface area contributed by atoms with E-state index < -0.39 is 0 Å². The summed E-state index contributed by atoms with van der Waals surface area (Å²) in [5.74, 6) is 2.32. The molecular formula is C18H30N4O3. The van der Waals surface area contributed by atoms with Crippen molar-refractivity contribution in [1.29, 1.82) is 0 Å². The van der Waals surface area contributed by atoms with E-state index in [1.54, 1.807) is 14.2 Å². The Kier molecular flexibility index (Phi) is 8.34. The molecule has 0 bridgehead atoms. The number of methoxy groups -OCH3 is 1. The van der Waals surface area contributed by atoms with Crippen molar-refractivity contribution in [3.8, 4) is 11.5 Å². The number of benzene rings is 1. The van der Waals surface area contributed by atoms with Crippen molar-refractivity contribution in [1.82, 2.24) is 10.2 Å². The van der Waals surface area contributed by atoms with Gasteiger partial charge >= 0.3 is 0 Å². The first-order chi connectivity index (χ1) is 12.2. The molecule has 1 aliphatic rings. The molecule has 0 aliphatic carbocycles. The molecule has 1 aliphatic heterocycles. The van der Waals surface area contributed by atoms with Gasteiger partial charge in [-0.15, -0.1) is 0 Å². The highest BCUT2D eigenvalue weighted by molar-refractivity contribution is 5.93. The van der Waals surface area contributed by atoms with E-state index in [9.17, 15) is 0 Å². The Morgan fingerprint density at radius 1 is 1.24 bits per heavy atom. The third-order valence-corrected chi connectivity index (χ3v) is 3.92. The Balaban J connectivity index is 1.77. The molecule has 0 atom stereocenters. The number of nitrogens with one attached hydrogen (secondary N) is 2. The van der Waals surface area contributed by atoms with Crippen LogP contribution in [0.1, 0.15) is 12.8 Å². The van der Waals surface area contributed by atoms with Crippen LogP contribution in [0, 0.1) is 0 Å². The number of anilines is 1. The topological polar surface area (TPSA) is 67.4 Å². The SMILES string of the molecule is CN=C(NCCCN(C)CCOC)Nc1ccc2c(c1)OCCCO2. The summed E-state index contributed by atoms with van der Waals surface area (Å²) in [6, 6.07) is 5.85. The monoisotopic (exact) mass is 350 g/mol. The molecule has 2 N–H and O–H groups in total. The van der Waals surface area contributed by atoms with Crippen LogP contribution in [0.3, 0.4) is 0 Å². The zero-order chi connectivity index (χ0) is 17.9. The Bertz CT molecular complexity index is 551. The van der Waals surface area contributed by atoms with E-state index in [0.29, 0.717) is 13.2 Å². The molecular weight excluding hydrogens is 320 g/mol. The lowest BCUT2D eigenvalue weighted by atomic mass is 10.2. The summed E-state index contributed by atoms with van der Waals surface area (Å²) in [7, 11) is 5.59. The Labute approximate surface area is 150 Å². The number of aliphatic imine (C=N–C) groups is 1. The van der Waals surface area contributed by atoms with Gasteiger partial charge in [-0.1, -0.05) is 0 Å². The number of guanidine groups is 1. The molecule has 1 aromatic carbocycles. The van der Waals surface area contributed by atoms with Crippen LogP contribution in [0.5, 0.6) is 11.5 Å². The van der Waals surface area contributed by atoms with Crippen molar-refractivity contribution in [2.24, 2.45) is 4.99 Å². The summed E-state index contributed by atoms with van der Waals surface area (Å²) < 4.78 is 16.5. The molecule has 1 aromatic rings. The van der Waals surface area contributed by atoms with Gasteiger partial charge in [0.15, 0.2) is 17.5 Å². The summed E-state index contributed by atoms with van der Waals surface area (Å²) in [5, 5.41) is 6.62. The maximum Gasteiger partial charge on any atom is 0.195 e. The largest absolute Gasteiger partial charge is 0.490 e. The first-order valence-electron chi connectivity index (χ1n) is 8.77. The van der Waals surface area contributed by atoms with Gasteiger partial charge in [0.1, 0.15) is 0 Å². The van der Waals surface area contributed by atoms with E-state index in [2.05, 4.69) is 27.6 Å². The van der Waals surface area contributed by atoms with Gasteiger partial charge in [0.05, 0.1) is 19.8 Å². The lowest BCUT2D eigenvalue weighted by Crippen LogP contribution is -2.33. The Morgan fingerprint density at radius 2 is 2.04 bits per heavy atom. The maximum atomic E-state index is 5.72. The molecule has 0 saturated heterocycles. The summed E-state index contributed by atoms with van der Waals surface area (Å²) in [5.41, 5.74) is 0.926. The highest BCUT2D eigenvalue weighted by Gasteiger charge is 2.11. The smallest absolute Gasteiger partial charge is 0.195 e. The standard InChI is InChI=1S/C18H30N4O3/c1-19-18(20-8-4-9-22(2)10-13-23-3)21-15-6-7-16-17(14-15)25-12-5-11-24-16/h6-7,14H,4-5,8-13H2,1-3H3,(H2,19,20,21). The lowest BCUT2D eigenvalue weighted by molar-refractivity contribution is 0.161. The van der Waals surface area contributed by atoms with Crippen LogP contribution in [-0.4, -0.2) is 71.5 Å². The lowest BCUT2D eigenvalue weighted by Gasteiger charge is -2.17. The molecule has 2 rings (SSSR count). The Morgan fingerprint density at radius 3 is 2.80 bits per heavy atom. The number of rotatable bonds is 8. The van der Waals surface area contributed by atoms with Gasteiger partial charge in [-0.2, -0.15) is 0 Å². The third-order valence-electron chi connectivity index (χ3n) is 3.92. The predicted octanol–water partition coefficient (Wildman–Crippen LogP) is 1.80. The molecule has 1 heterocycles. The van der Waals surface area contributed by atoms with Crippen molar-refractivity contribution in [3.63, 3.8) is 0 Å². The molecule has 0 fully saturated rings. The first kappa shape index (κ1) is 19.3.